The van der Waals surface area contributed by atoms with Gasteiger partial charge in [-0.2, -0.15) is 26.3 Å². The van der Waals surface area contributed by atoms with E-state index in [2.05, 4.69) is 16.0 Å². The molecule has 3 N–H and O–H groups in total. The third-order valence-corrected chi connectivity index (χ3v) is 24.8. The van der Waals surface area contributed by atoms with Gasteiger partial charge in [0.25, 0.3) is 0 Å². The number of amides is 12. The Bertz CT molecular complexity index is 3190. The molecule has 1 spiro atoms. The molecule has 109 heavy (non-hydrogen) atoms. The van der Waals surface area contributed by atoms with Gasteiger partial charge in [-0.1, -0.05) is 67.2 Å². The summed E-state index contributed by atoms with van der Waals surface area (Å²) >= 11 is 0. The summed E-state index contributed by atoms with van der Waals surface area (Å²) < 4.78 is 130. The van der Waals surface area contributed by atoms with Gasteiger partial charge in [-0.15, -0.1) is 0 Å². The van der Waals surface area contributed by atoms with E-state index in [-0.39, 0.29) is 115 Å². The van der Waals surface area contributed by atoms with Gasteiger partial charge in [0.05, 0.1) is 18.9 Å². The van der Waals surface area contributed by atoms with E-state index in [1.807, 2.05) is 0 Å². The predicted octanol–water partition coefficient (Wildman–Crippen LogP) is 7.78. The number of alkyl halides is 9. The third kappa shape index (κ3) is 22.2. The molecule has 2 heterocycles. The SMILES string of the molecule is CC[C@H](C)[C@@H]1NC(=O)[C@H](CC(C)C)N(C)C(=O)C[C@@H](C(=O)N(C)C)N(C)C(=O)[C@H]([C@@H](C)CC)N(C)C(=O)C2(CCCC2)NC(=O)[C@H](CC2CCC(F)CC2)N(C)C(=O)[C@H](CCC2CC(F)C(C(F)(F)F)C(F)C2)NC(=O)CN(C)C(=O)[C@H](CC2CCC(C(F)(F)F)CC2)N(C)C(=O)[C@@H]2CCN2C(=O)[C@H](C)N(C)C1=O. The highest BCUT2D eigenvalue weighted by atomic mass is 19.4. The quantitative estimate of drug-likeness (QED) is 0.141. The average Bonchev–Trinajstić information content (AvgIpc) is 1.76. The van der Waals surface area contributed by atoms with Crippen molar-refractivity contribution in [3.8, 4) is 0 Å². The highest BCUT2D eigenvalue weighted by molar-refractivity contribution is 6.01. The van der Waals surface area contributed by atoms with Gasteiger partial charge in [-0.25, -0.2) is 13.2 Å². The highest BCUT2D eigenvalue weighted by Crippen LogP contribution is 2.46. The van der Waals surface area contributed by atoms with E-state index in [0.29, 0.717) is 19.3 Å². The molecule has 2 aliphatic heterocycles. The van der Waals surface area contributed by atoms with Crippen LogP contribution in [0.4, 0.5) is 39.5 Å². The van der Waals surface area contributed by atoms with Gasteiger partial charge in [0.1, 0.15) is 84.3 Å². The van der Waals surface area contributed by atoms with E-state index < -0.39 is 235 Å². The van der Waals surface area contributed by atoms with Gasteiger partial charge < -0.3 is 60.0 Å². The van der Waals surface area contributed by atoms with E-state index in [9.17, 15) is 64.3 Å². The standard InChI is InChI=1S/C76H121F9N12O12/c1-17-43(5)62-71(107)91(11)45(7)66(102)97-34-31-54(97)70(106)94(14)57(39-46-21-26-49(27-22-46)75(80,81)82)69(105)90(10)41-59(98)86-53(30-25-48-36-51(78)61(52(79)37-48)76(83,84)85)67(103)93(13)56(38-47-23-28-50(77)29-24-47)65(101)88-74(32-19-20-33-74)73(109)96(16)63(44(6)18-2)72(108)95(15)58(68(104)89(8)9)40-60(99)92(12)55(35-42(3)4)64(100)87-62/h42-58,61-63H,17-41H2,1-16H3,(H,86,98)(H,87,100)(H,88,101)/t43-,44-,45-,46?,47?,48?,49?,50?,51?,52?,53-,54-,55-,56-,57-,58-,61?,62-,63-/m0/s1. The van der Waals surface area contributed by atoms with E-state index >= 15 is 32.8 Å². The summed E-state index contributed by atoms with van der Waals surface area (Å²) in [5.41, 5.74) is -1.78. The summed E-state index contributed by atoms with van der Waals surface area (Å²) in [6.07, 6.45) is -18.2. The van der Waals surface area contributed by atoms with Crippen LogP contribution < -0.4 is 16.0 Å². The first-order valence-electron chi connectivity index (χ1n) is 39.1. The Morgan fingerprint density at radius 2 is 1.11 bits per heavy atom. The van der Waals surface area contributed by atoms with Crippen molar-refractivity contribution < 1.29 is 97.0 Å². The normalized spacial score (nSPS) is 32.5. The van der Waals surface area contributed by atoms with Gasteiger partial charge in [0, 0.05) is 70.0 Å². The molecule has 620 valence electrons. The van der Waals surface area contributed by atoms with Crippen molar-refractivity contribution in [1.82, 2.24) is 60.0 Å². The minimum absolute atomic E-state index is 0.00254. The van der Waals surface area contributed by atoms with Crippen molar-refractivity contribution in [2.24, 2.45) is 47.3 Å². The molecule has 13 atom stereocenters. The van der Waals surface area contributed by atoms with Gasteiger partial charge in [0.2, 0.25) is 70.9 Å². The van der Waals surface area contributed by atoms with Crippen LogP contribution in [0.3, 0.4) is 0 Å². The molecule has 6 aliphatic rings. The lowest BCUT2D eigenvalue weighted by molar-refractivity contribution is -0.219. The van der Waals surface area contributed by atoms with Crippen LogP contribution in [0, 0.1) is 47.3 Å². The van der Waals surface area contributed by atoms with E-state index in [1.165, 1.54) is 85.1 Å². The number of carbonyl (C=O) groups is 12. The molecule has 0 aromatic carbocycles. The molecule has 0 aromatic rings. The summed E-state index contributed by atoms with van der Waals surface area (Å²) in [6, 6.07) is -12.9. The number of rotatable bonds is 14. The Morgan fingerprint density at radius 3 is 1.61 bits per heavy atom. The van der Waals surface area contributed by atoms with Crippen molar-refractivity contribution in [2.45, 2.75) is 287 Å². The molecule has 6 fully saturated rings. The van der Waals surface area contributed by atoms with E-state index in [4.69, 9.17) is 0 Å². The maximum absolute atomic E-state index is 15.7. The molecule has 2 unspecified atom stereocenters. The molecule has 0 bridgehead atoms. The van der Waals surface area contributed by atoms with Gasteiger partial charge in [-0.3, -0.25) is 57.5 Å². The molecule has 4 aliphatic carbocycles. The van der Waals surface area contributed by atoms with Crippen molar-refractivity contribution in [2.75, 3.05) is 76.5 Å². The fraction of sp³-hybridized carbons (Fsp3) is 0.842. The first kappa shape index (κ1) is 90.9. The number of halogens is 9. The van der Waals surface area contributed by atoms with Crippen LogP contribution in [0.25, 0.3) is 0 Å². The lowest BCUT2D eigenvalue weighted by atomic mass is 9.76. The smallest absolute Gasteiger partial charge is 0.347 e. The van der Waals surface area contributed by atoms with Crippen LogP contribution >= 0.6 is 0 Å². The molecule has 12 amide bonds. The minimum atomic E-state index is -5.23. The van der Waals surface area contributed by atoms with E-state index in [0.717, 1.165) is 29.4 Å². The summed E-state index contributed by atoms with van der Waals surface area (Å²) in [7, 11) is 11.9. The van der Waals surface area contributed by atoms with Crippen LogP contribution in [0.5, 0.6) is 0 Å². The van der Waals surface area contributed by atoms with Crippen LogP contribution in [0.1, 0.15) is 196 Å². The number of carbonyl (C=O) groups excluding carboxylic acids is 12. The number of hydrogen-bond acceptors (Lipinski definition) is 12. The Labute approximate surface area is 636 Å². The Morgan fingerprint density at radius 1 is 0.569 bits per heavy atom. The summed E-state index contributed by atoms with van der Waals surface area (Å²) in [5.74, 6) is -18.0. The summed E-state index contributed by atoms with van der Waals surface area (Å²) in [5, 5.41) is 8.42. The Balaban J connectivity index is 1.49. The molecular formula is C76H121F9N12O12. The topological polar surface area (TPSA) is 270 Å². The largest absolute Gasteiger partial charge is 0.397 e. The molecule has 4 saturated carbocycles. The second-order valence-corrected chi connectivity index (χ2v) is 33.0. The number of fused-ring (bicyclic) bond motifs is 1. The molecule has 0 aromatic heterocycles. The van der Waals surface area contributed by atoms with E-state index in [1.54, 1.807) is 41.5 Å². The molecule has 24 nitrogen and oxygen atoms in total. The zero-order valence-electron chi connectivity index (χ0n) is 66.6. The Kier molecular flexibility index (Phi) is 32.1. The average molecular weight is 1570 g/mol. The molecule has 33 heteroatoms. The zero-order valence-corrected chi connectivity index (χ0v) is 66.6. The first-order valence-corrected chi connectivity index (χ1v) is 39.1. The van der Waals surface area contributed by atoms with Crippen molar-refractivity contribution >= 4 is 70.9 Å². The van der Waals surface area contributed by atoms with Gasteiger partial charge in [-0.05, 0) is 158 Å². The van der Waals surface area contributed by atoms with Crippen molar-refractivity contribution in [1.29, 1.82) is 0 Å². The maximum Gasteiger partial charge on any atom is 0.397 e. The van der Waals surface area contributed by atoms with Crippen LogP contribution in [-0.4, -0.2) is 282 Å². The number of nitrogens with one attached hydrogen (secondary N) is 3. The molecule has 2 saturated heterocycles. The van der Waals surface area contributed by atoms with Crippen molar-refractivity contribution in [3.63, 3.8) is 0 Å². The second-order valence-electron chi connectivity index (χ2n) is 33.0. The van der Waals surface area contributed by atoms with Crippen LogP contribution in [0.15, 0.2) is 0 Å². The van der Waals surface area contributed by atoms with Gasteiger partial charge in [0.15, 0.2) is 0 Å². The first-order chi connectivity index (χ1) is 50.7. The number of nitrogens with zero attached hydrogens (tertiary/aromatic N) is 9. The minimum Gasteiger partial charge on any atom is -0.347 e. The lowest BCUT2D eigenvalue weighted by Crippen LogP contribution is -2.65. The maximum atomic E-state index is 15.7. The molecule has 0 radical (unpaired) electrons. The second kappa shape index (κ2) is 38.5. The molecular weight excluding hydrogens is 1440 g/mol. The lowest BCUT2D eigenvalue weighted by Gasteiger charge is -2.45. The predicted molar refractivity (Wildman–Crippen MR) is 387 cm³/mol. The van der Waals surface area contributed by atoms with Gasteiger partial charge >= 0.3 is 12.4 Å². The monoisotopic (exact) mass is 1560 g/mol. The highest BCUT2D eigenvalue weighted by Gasteiger charge is 2.55. The fourth-order valence-corrected chi connectivity index (χ4v) is 17.0. The summed E-state index contributed by atoms with van der Waals surface area (Å²) in [4.78, 5) is 191. The van der Waals surface area contributed by atoms with Crippen molar-refractivity contribution in [3.05, 3.63) is 0 Å². The summed E-state index contributed by atoms with van der Waals surface area (Å²) in [6.45, 7) is 11.1. The molecule has 6 rings (SSSR count). The number of hydrogen-bond donors (Lipinski definition) is 3. The fourth-order valence-electron chi connectivity index (χ4n) is 17.0. The Hall–Kier alpha value is -6.99. The van der Waals surface area contributed by atoms with Crippen LogP contribution in [-0.2, 0) is 57.5 Å². The zero-order chi connectivity index (χ0) is 82.0. The number of likely N-dealkylation sites (N-methyl/N-ethyl adjacent to an activating group) is 8. The van der Waals surface area contributed by atoms with Crippen LogP contribution in [0.2, 0.25) is 0 Å². The third-order valence-electron chi connectivity index (χ3n) is 24.8.